The average Bonchev–Trinajstić information content (AvgIpc) is 3.23. The Bertz CT molecular complexity index is 1160. The lowest BCUT2D eigenvalue weighted by Gasteiger charge is -2.26. The van der Waals surface area contributed by atoms with Crippen molar-refractivity contribution in [2.45, 2.75) is 25.2 Å². The van der Waals surface area contributed by atoms with E-state index in [-0.39, 0.29) is 11.8 Å². The molecule has 6 nitrogen and oxygen atoms in total. The lowest BCUT2D eigenvalue weighted by atomic mass is 9.81. The number of hydrogen-bond acceptors (Lipinski definition) is 4. The number of carbonyl (C=O) groups excluding carboxylic acids is 1. The van der Waals surface area contributed by atoms with Crippen LogP contribution >= 0.6 is 23.2 Å². The fourth-order valence-corrected chi connectivity index (χ4v) is 5.03. The Morgan fingerprint density at radius 1 is 1.22 bits per heavy atom. The van der Waals surface area contributed by atoms with E-state index in [2.05, 4.69) is 22.1 Å². The number of hydrogen-bond donors (Lipinski definition) is 2. The van der Waals surface area contributed by atoms with Crippen LogP contribution in [0.5, 0.6) is 11.5 Å². The molecule has 1 aliphatic carbocycles. The smallest absolute Gasteiger partial charge is 0.247 e. The molecule has 0 spiro atoms. The molecule has 0 aliphatic heterocycles. The molecule has 3 aromatic rings. The van der Waals surface area contributed by atoms with Gasteiger partial charge >= 0.3 is 0 Å². The van der Waals surface area contributed by atoms with Gasteiger partial charge in [0.2, 0.25) is 5.91 Å². The number of nitrogens with zero attached hydrogens (tertiary/aromatic N) is 1. The molecule has 0 saturated heterocycles. The Kier molecular flexibility index (Phi) is 6.44. The Balaban J connectivity index is 1.70. The third kappa shape index (κ3) is 3.96. The van der Waals surface area contributed by atoms with Crippen LogP contribution in [0.4, 0.5) is 5.69 Å². The highest BCUT2D eigenvalue weighted by Gasteiger charge is 2.30. The van der Waals surface area contributed by atoms with Crippen molar-refractivity contribution >= 4 is 34.8 Å². The Hall–Kier alpha value is -2.96. The molecule has 1 aromatic heterocycles. The van der Waals surface area contributed by atoms with Crippen LogP contribution in [0.15, 0.2) is 43.0 Å². The van der Waals surface area contributed by atoms with Crippen LogP contribution in [0.3, 0.4) is 0 Å². The highest BCUT2D eigenvalue weighted by molar-refractivity contribution is 6.38. The number of carbonyl (C=O) groups is 1. The number of para-hydroxylation sites is 1. The van der Waals surface area contributed by atoms with Gasteiger partial charge in [0.25, 0.3) is 0 Å². The van der Waals surface area contributed by atoms with Crippen LogP contribution in [-0.2, 0) is 17.6 Å². The zero-order chi connectivity index (χ0) is 22.8. The summed E-state index contributed by atoms with van der Waals surface area (Å²) in [7, 11) is 3.14. The van der Waals surface area contributed by atoms with Crippen molar-refractivity contribution in [3.8, 4) is 22.8 Å². The second-order valence-corrected chi connectivity index (χ2v) is 8.29. The number of aromatic nitrogens is 2. The molecule has 2 aromatic carbocycles. The number of fused-ring (bicyclic) bond motifs is 1. The Labute approximate surface area is 196 Å². The van der Waals surface area contributed by atoms with Gasteiger partial charge in [0.15, 0.2) is 0 Å². The van der Waals surface area contributed by atoms with E-state index in [4.69, 9.17) is 32.7 Å². The van der Waals surface area contributed by atoms with Crippen molar-refractivity contribution in [1.82, 2.24) is 10.2 Å². The molecule has 8 heteroatoms. The van der Waals surface area contributed by atoms with E-state index in [1.807, 2.05) is 24.3 Å². The van der Waals surface area contributed by atoms with E-state index >= 15 is 0 Å². The van der Waals surface area contributed by atoms with E-state index in [0.717, 1.165) is 40.9 Å². The van der Waals surface area contributed by atoms with Crippen LogP contribution in [-0.4, -0.2) is 30.3 Å². The lowest BCUT2D eigenvalue weighted by molar-refractivity contribution is -0.111. The Morgan fingerprint density at radius 3 is 2.56 bits per heavy atom. The number of amides is 1. The zero-order valence-electron chi connectivity index (χ0n) is 17.8. The minimum absolute atomic E-state index is 0.0792. The molecule has 1 aliphatic rings. The highest BCUT2D eigenvalue weighted by Crippen LogP contribution is 2.48. The number of rotatable bonds is 6. The standard InChI is InChI=1S/C24H23Cl2N3O3/c1-4-20(30)27-16-8-6-5-7-14(16)24-15-10-9-13(11-17(15)28-29-24)21-22(25)18(31-2)12-19(32-3)23(21)26/h4-8,12-13H,1,9-11H2,2-3H3,(H,27,30)(H,28,29)/t13-/m1/s1. The number of H-pyrrole nitrogens is 1. The normalized spacial score (nSPS) is 15.1. The number of halogens is 2. The number of benzene rings is 2. The predicted molar refractivity (Wildman–Crippen MR) is 127 cm³/mol. The van der Waals surface area contributed by atoms with Gasteiger partial charge in [-0.15, -0.1) is 0 Å². The molecule has 0 saturated carbocycles. The van der Waals surface area contributed by atoms with Gasteiger partial charge in [0.1, 0.15) is 11.5 Å². The van der Waals surface area contributed by atoms with Crippen LogP contribution in [0, 0.1) is 0 Å². The highest BCUT2D eigenvalue weighted by atomic mass is 35.5. The molecule has 0 bridgehead atoms. The quantitative estimate of drug-likeness (QED) is 0.445. The van der Waals surface area contributed by atoms with Crippen molar-refractivity contribution < 1.29 is 14.3 Å². The van der Waals surface area contributed by atoms with Gasteiger partial charge in [-0.2, -0.15) is 5.10 Å². The fourth-order valence-electron chi connectivity index (χ4n) is 4.22. The number of aromatic amines is 1. The zero-order valence-corrected chi connectivity index (χ0v) is 19.3. The summed E-state index contributed by atoms with van der Waals surface area (Å²) >= 11 is 13.3. The summed E-state index contributed by atoms with van der Waals surface area (Å²) in [5.41, 5.74) is 5.36. The molecule has 4 rings (SSSR count). The molecule has 1 amide bonds. The van der Waals surface area contributed by atoms with Crippen molar-refractivity contribution in [1.29, 1.82) is 0 Å². The maximum atomic E-state index is 11.9. The summed E-state index contributed by atoms with van der Waals surface area (Å²) in [6.45, 7) is 3.52. The fraction of sp³-hybridized carbons (Fsp3) is 0.250. The first-order valence-corrected chi connectivity index (χ1v) is 10.9. The minimum Gasteiger partial charge on any atom is -0.495 e. The molecule has 0 radical (unpaired) electrons. The minimum atomic E-state index is -0.266. The van der Waals surface area contributed by atoms with Crippen LogP contribution in [0.2, 0.25) is 10.0 Å². The van der Waals surface area contributed by atoms with Gasteiger partial charge in [0.05, 0.1) is 35.6 Å². The molecule has 2 N–H and O–H groups in total. The molecule has 0 fully saturated rings. The van der Waals surface area contributed by atoms with Gasteiger partial charge in [-0.1, -0.05) is 48.0 Å². The monoisotopic (exact) mass is 471 g/mol. The first kappa shape index (κ1) is 22.2. The third-order valence-corrected chi connectivity index (χ3v) is 6.57. The summed E-state index contributed by atoms with van der Waals surface area (Å²) in [5.74, 6) is 0.880. The van der Waals surface area contributed by atoms with Gasteiger partial charge in [-0.05, 0) is 37.3 Å². The topological polar surface area (TPSA) is 76.2 Å². The third-order valence-electron chi connectivity index (χ3n) is 5.79. The van der Waals surface area contributed by atoms with Crippen molar-refractivity contribution in [3.63, 3.8) is 0 Å². The van der Waals surface area contributed by atoms with Crippen LogP contribution < -0.4 is 14.8 Å². The second-order valence-electron chi connectivity index (χ2n) is 7.53. The van der Waals surface area contributed by atoms with E-state index in [0.29, 0.717) is 33.7 Å². The van der Waals surface area contributed by atoms with E-state index in [1.165, 1.54) is 6.08 Å². The maximum absolute atomic E-state index is 11.9. The van der Waals surface area contributed by atoms with Crippen molar-refractivity contribution in [3.05, 3.63) is 69.9 Å². The molecule has 0 unspecified atom stereocenters. The van der Waals surface area contributed by atoms with E-state index < -0.39 is 0 Å². The molecular weight excluding hydrogens is 449 g/mol. The van der Waals surface area contributed by atoms with Crippen LogP contribution in [0.1, 0.15) is 29.2 Å². The van der Waals surface area contributed by atoms with Crippen molar-refractivity contribution in [2.75, 3.05) is 19.5 Å². The lowest BCUT2D eigenvalue weighted by Crippen LogP contribution is -2.14. The second kappa shape index (κ2) is 9.27. The van der Waals surface area contributed by atoms with Crippen molar-refractivity contribution in [2.24, 2.45) is 0 Å². The number of nitrogens with one attached hydrogen (secondary N) is 2. The molecule has 32 heavy (non-hydrogen) atoms. The van der Waals surface area contributed by atoms with Gasteiger partial charge < -0.3 is 14.8 Å². The van der Waals surface area contributed by atoms with Gasteiger partial charge in [0, 0.05) is 28.5 Å². The molecule has 1 heterocycles. The average molecular weight is 472 g/mol. The first-order chi connectivity index (χ1) is 15.5. The number of ether oxygens (including phenoxy) is 2. The first-order valence-electron chi connectivity index (χ1n) is 10.2. The largest absolute Gasteiger partial charge is 0.495 e. The van der Waals surface area contributed by atoms with Gasteiger partial charge in [-0.25, -0.2) is 0 Å². The SMILES string of the molecule is C=CC(=O)Nc1ccccc1-c1n[nH]c2c1CC[C@@H](c1c(Cl)c(OC)cc(OC)c1Cl)C2. The molecule has 1 atom stereocenters. The summed E-state index contributed by atoms with van der Waals surface area (Å²) < 4.78 is 10.9. The predicted octanol–water partition coefficient (Wildman–Crippen LogP) is 5.80. The van der Waals surface area contributed by atoms with Gasteiger partial charge in [-0.3, -0.25) is 9.89 Å². The molecule has 166 valence electrons. The summed E-state index contributed by atoms with van der Waals surface area (Å²) in [5, 5.41) is 11.6. The summed E-state index contributed by atoms with van der Waals surface area (Å²) in [6, 6.07) is 9.30. The number of anilines is 1. The van der Waals surface area contributed by atoms with E-state index in [1.54, 1.807) is 20.3 Å². The summed E-state index contributed by atoms with van der Waals surface area (Å²) in [4.78, 5) is 11.9. The summed E-state index contributed by atoms with van der Waals surface area (Å²) in [6.07, 6.45) is 3.55. The van der Waals surface area contributed by atoms with Crippen LogP contribution in [0.25, 0.3) is 11.3 Å². The molecular formula is C24H23Cl2N3O3. The Morgan fingerprint density at radius 2 is 1.91 bits per heavy atom. The van der Waals surface area contributed by atoms with E-state index in [9.17, 15) is 4.79 Å². The number of methoxy groups -OCH3 is 2. The maximum Gasteiger partial charge on any atom is 0.247 e.